The number of aliphatic hydroxyl groups is 1. The van der Waals surface area contributed by atoms with Gasteiger partial charge < -0.3 is 14.5 Å². The van der Waals surface area contributed by atoms with E-state index in [4.69, 9.17) is 4.52 Å². The first-order chi connectivity index (χ1) is 10.7. The predicted octanol–water partition coefficient (Wildman–Crippen LogP) is 1.80. The Bertz CT molecular complexity index is 567. The van der Waals surface area contributed by atoms with Crippen molar-refractivity contribution in [2.75, 3.05) is 19.7 Å². The Kier molecular flexibility index (Phi) is 4.57. The summed E-state index contributed by atoms with van der Waals surface area (Å²) in [7, 11) is 0. The van der Waals surface area contributed by atoms with Crippen LogP contribution in [0.2, 0.25) is 0 Å². The Balaban J connectivity index is 1.65. The molecule has 1 N–H and O–H groups in total. The lowest BCUT2D eigenvalue weighted by atomic mass is 9.97. The van der Waals surface area contributed by atoms with Crippen LogP contribution in [0.15, 0.2) is 16.2 Å². The summed E-state index contributed by atoms with van der Waals surface area (Å²) < 4.78 is 5.24. The largest absolute Gasteiger partial charge is 0.396 e. The van der Waals surface area contributed by atoms with Crippen molar-refractivity contribution in [2.45, 2.75) is 44.9 Å². The van der Waals surface area contributed by atoms with Crippen LogP contribution in [0, 0.1) is 12.8 Å². The molecule has 0 aromatic carbocycles. The van der Waals surface area contributed by atoms with E-state index in [1.807, 2.05) is 4.90 Å². The van der Waals surface area contributed by atoms with Gasteiger partial charge in [-0.1, -0.05) is 16.8 Å². The van der Waals surface area contributed by atoms with Gasteiger partial charge in [0.15, 0.2) is 5.82 Å². The zero-order chi connectivity index (χ0) is 15.5. The first-order valence-corrected chi connectivity index (χ1v) is 8.04. The van der Waals surface area contributed by atoms with E-state index in [0.29, 0.717) is 31.2 Å². The van der Waals surface area contributed by atoms with Crippen LogP contribution in [0.25, 0.3) is 0 Å². The Labute approximate surface area is 130 Å². The summed E-state index contributed by atoms with van der Waals surface area (Å²) >= 11 is 0. The van der Waals surface area contributed by atoms with Crippen LogP contribution in [0.3, 0.4) is 0 Å². The van der Waals surface area contributed by atoms with Crippen LogP contribution in [-0.4, -0.2) is 45.8 Å². The second-order valence-corrected chi connectivity index (χ2v) is 6.31. The molecule has 1 aliphatic carbocycles. The minimum absolute atomic E-state index is 0.0239. The van der Waals surface area contributed by atoms with Gasteiger partial charge in [-0.15, -0.1) is 0 Å². The summed E-state index contributed by atoms with van der Waals surface area (Å²) in [6.07, 6.45) is 7.25. The quantitative estimate of drug-likeness (QED) is 0.858. The highest BCUT2D eigenvalue weighted by Crippen LogP contribution is 2.32. The van der Waals surface area contributed by atoms with E-state index in [1.54, 1.807) is 6.92 Å². The molecule has 120 valence electrons. The highest BCUT2D eigenvalue weighted by molar-refractivity contribution is 5.79. The van der Waals surface area contributed by atoms with Gasteiger partial charge in [0, 0.05) is 32.0 Å². The summed E-state index contributed by atoms with van der Waals surface area (Å²) in [5.41, 5.74) is 1.26. The van der Waals surface area contributed by atoms with E-state index in [1.165, 1.54) is 18.4 Å². The van der Waals surface area contributed by atoms with Crippen molar-refractivity contribution < 1.29 is 14.4 Å². The average molecular weight is 305 g/mol. The molecule has 0 bridgehead atoms. The summed E-state index contributed by atoms with van der Waals surface area (Å²) in [4.78, 5) is 18.6. The molecule has 2 aliphatic rings. The number of aryl methyl sites for hydroxylation is 1. The maximum atomic E-state index is 12.5. The smallest absolute Gasteiger partial charge is 0.231 e. The highest BCUT2D eigenvalue weighted by Gasteiger charge is 2.38. The molecule has 1 amide bonds. The zero-order valence-corrected chi connectivity index (χ0v) is 13.0. The minimum atomic E-state index is -0.0597. The SMILES string of the molecule is Cc1noc([C@@H]2CN(C(=O)CC3=CCCCC3)C[C@H]2CO)n1. The van der Waals surface area contributed by atoms with Gasteiger partial charge in [0.25, 0.3) is 0 Å². The fourth-order valence-electron chi connectivity index (χ4n) is 3.37. The molecule has 1 aliphatic heterocycles. The molecule has 0 unspecified atom stereocenters. The van der Waals surface area contributed by atoms with Crippen LogP contribution >= 0.6 is 0 Å². The molecule has 1 fully saturated rings. The standard InChI is InChI=1S/C16H23N3O3/c1-11-17-16(22-18-11)14-9-19(8-13(14)10-20)15(21)7-12-5-3-2-4-6-12/h5,13-14,20H,2-4,6-10H2,1H3/t13-,14+/m0/s1. The Morgan fingerprint density at radius 1 is 1.45 bits per heavy atom. The summed E-state index contributed by atoms with van der Waals surface area (Å²) in [5.74, 6) is 1.18. The Morgan fingerprint density at radius 2 is 2.32 bits per heavy atom. The normalized spacial score (nSPS) is 25.4. The van der Waals surface area contributed by atoms with E-state index in [0.717, 1.165) is 12.8 Å². The van der Waals surface area contributed by atoms with E-state index in [2.05, 4.69) is 16.2 Å². The number of carbonyl (C=O) groups is 1. The molecule has 2 heterocycles. The highest BCUT2D eigenvalue weighted by atomic mass is 16.5. The number of aliphatic hydroxyl groups excluding tert-OH is 1. The average Bonchev–Trinajstić information content (AvgIpc) is 3.14. The summed E-state index contributed by atoms with van der Waals surface area (Å²) in [6, 6.07) is 0. The molecular formula is C16H23N3O3. The van der Waals surface area contributed by atoms with Crippen LogP contribution in [0.1, 0.15) is 49.7 Å². The molecule has 1 saturated heterocycles. The number of rotatable bonds is 4. The fraction of sp³-hybridized carbons (Fsp3) is 0.688. The summed E-state index contributed by atoms with van der Waals surface area (Å²) in [5, 5.41) is 13.4. The van der Waals surface area contributed by atoms with Gasteiger partial charge >= 0.3 is 0 Å². The molecule has 0 radical (unpaired) electrons. The topological polar surface area (TPSA) is 79.5 Å². The van der Waals surface area contributed by atoms with E-state index >= 15 is 0 Å². The number of hydrogen-bond acceptors (Lipinski definition) is 5. The number of aromatic nitrogens is 2. The first-order valence-electron chi connectivity index (χ1n) is 8.04. The van der Waals surface area contributed by atoms with Crippen molar-refractivity contribution in [1.82, 2.24) is 15.0 Å². The summed E-state index contributed by atoms with van der Waals surface area (Å²) in [6.45, 7) is 2.92. The zero-order valence-electron chi connectivity index (χ0n) is 13.0. The van der Waals surface area contributed by atoms with Crippen LogP contribution in [0.4, 0.5) is 0 Å². The van der Waals surface area contributed by atoms with Crippen molar-refractivity contribution in [3.8, 4) is 0 Å². The van der Waals surface area contributed by atoms with Gasteiger partial charge in [0.05, 0.1) is 5.92 Å². The van der Waals surface area contributed by atoms with Gasteiger partial charge in [0.2, 0.25) is 11.8 Å². The molecule has 6 nitrogen and oxygen atoms in total. The van der Waals surface area contributed by atoms with Crippen LogP contribution < -0.4 is 0 Å². The first kappa shape index (κ1) is 15.2. The lowest BCUT2D eigenvalue weighted by molar-refractivity contribution is -0.129. The predicted molar refractivity (Wildman–Crippen MR) is 80.1 cm³/mol. The monoisotopic (exact) mass is 305 g/mol. The number of likely N-dealkylation sites (tertiary alicyclic amines) is 1. The van der Waals surface area contributed by atoms with Gasteiger partial charge in [0.1, 0.15) is 0 Å². The van der Waals surface area contributed by atoms with Crippen molar-refractivity contribution >= 4 is 5.91 Å². The van der Waals surface area contributed by atoms with Crippen molar-refractivity contribution in [1.29, 1.82) is 0 Å². The second-order valence-electron chi connectivity index (χ2n) is 6.31. The van der Waals surface area contributed by atoms with E-state index in [-0.39, 0.29) is 24.3 Å². The van der Waals surface area contributed by atoms with Crippen LogP contribution in [-0.2, 0) is 4.79 Å². The molecule has 1 aromatic heterocycles. The second kappa shape index (κ2) is 6.60. The Hall–Kier alpha value is -1.69. The lowest BCUT2D eigenvalue weighted by Crippen LogP contribution is -2.29. The minimum Gasteiger partial charge on any atom is -0.396 e. The lowest BCUT2D eigenvalue weighted by Gasteiger charge is -2.18. The third-order valence-electron chi connectivity index (χ3n) is 4.65. The molecule has 1 aromatic rings. The number of carbonyl (C=O) groups excluding carboxylic acids is 1. The van der Waals surface area contributed by atoms with Gasteiger partial charge in [-0.3, -0.25) is 4.79 Å². The van der Waals surface area contributed by atoms with Gasteiger partial charge in [-0.25, -0.2) is 0 Å². The molecular weight excluding hydrogens is 282 g/mol. The fourth-order valence-corrected chi connectivity index (χ4v) is 3.37. The van der Waals surface area contributed by atoms with E-state index < -0.39 is 0 Å². The number of nitrogens with zero attached hydrogens (tertiary/aromatic N) is 3. The third kappa shape index (κ3) is 3.21. The molecule has 22 heavy (non-hydrogen) atoms. The Morgan fingerprint density at radius 3 is 2.95 bits per heavy atom. The van der Waals surface area contributed by atoms with Crippen molar-refractivity contribution in [3.63, 3.8) is 0 Å². The molecule has 3 rings (SSSR count). The number of allylic oxidation sites excluding steroid dienone is 1. The van der Waals surface area contributed by atoms with E-state index in [9.17, 15) is 9.90 Å². The molecule has 0 saturated carbocycles. The maximum Gasteiger partial charge on any atom is 0.231 e. The number of amides is 1. The molecule has 2 atom stereocenters. The third-order valence-corrected chi connectivity index (χ3v) is 4.65. The van der Waals surface area contributed by atoms with Crippen molar-refractivity contribution in [2.24, 2.45) is 5.92 Å². The van der Waals surface area contributed by atoms with Crippen LogP contribution in [0.5, 0.6) is 0 Å². The van der Waals surface area contributed by atoms with Gasteiger partial charge in [-0.2, -0.15) is 4.98 Å². The van der Waals surface area contributed by atoms with Gasteiger partial charge in [-0.05, 0) is 32.6 Å². The van der Waals surface area contributed by atoms with Crippen molar-refractivity contribution in [3.05, 3.63) is 23.4 Å². The number of hydrogen-bond donors (Lipinski definition) is 1. The molecule has 6 heteroatoms. The molecule has 0 spiro atoms. The maximum absolute atomic E-state index is 12.5.